The van der Waals surface area contributed by atoms with Crippen LogP contribution in [0.5, 0.6) is 0 Å². The molecule has 0 amide bonds. The maximum atomic E-state index is 3.74. The highest BCUT2D eigenvalue weighted by molar-refractivity contribution is 4.94. The fourth-order valence-corrected chi connectivity index (χ4v) is 3.33. The van der Waals surface area contributed by atoms with E-state index in [2.05, 4.69) is 18.8 Å². The summed E-state index contributed by atoms with van der Waals surface area (Å²) in [6.45, 7) is 7.05. The summed E-state index contributed by atoms with van der Waals surface area (Å²) in [5.41, 5.74) is 0. The van der Waals surface area contributed by atoms with Crippen molar-refractivity contribution in [2.45, 2.75) is 38.6 Å². The Morgan fingerprint density at radius 3 is 2.85 bits per heavy atom. The summed E-state index contributed by atoms with van der Waals surface area (Å²) in [7, 11) is 0. The van der Waals surface area contributed by atoms with Crippen molar-refractivity contribution in [2.75, 3.05) is 6.54 Å². The third-order valence-corrected chi connectivity index (χ3v) is 4.02. The van der Waals surface area contributed by atoms with Crippen LogP contribution in [0.3, 0.4) is 0 Å². The second-order valence-corrected chi connectivity index (χ2v) is 4.82. The molecule has 0 aromatic carbocycles. The number of fused-ring (bicyclic) bond motifs is 2. The summed E-state index contributed by atoms with van der Waals surface area (Å²) >= 11 is 0. The van der Waals surface area contributed by atoms with Crippen LogP contribution >= 0.6 is 0 Å². The largest absolute Gasteiger partial charge is 0.311 e. The van der Waals surface area contributed by atoms with Crippen LogP contribution in [-0.4, -0.2) is 12.6 Å². The second kappa shape index (κ2) is 3.83. The van der Waals surface area contributed by atoms with Crippen LogP contribution in [-0.2, 0) is 0 Å². The molecule has 0 spiro atoms. The zero-order chi connectivity index (χ0) is 9.26. The monoisotopic (exact) mass is 179 g/mol. The molecule has 74 valence electrons. The van der Waals surface area contributed by atoms with Gasteiger partial charge in [0.25, 0.3) is 0 Å². The first-order valence-corrected chi connectivity index (χ1v) is 5.65. The minimum Gasteiger partial charge on any atom is -0.311 e. The lowest BCUT2D eigenvalue weighted by Crippen LogP contribution is -2.36. The van der Waals surface area contributed by atoms with E-state index >= 15 is 0 Å². The molecule has 0 heterocycles. The Kier molecular flexibility index (Phi) is 2.73. The van der Waals surface area contributed by atoms with E-state index in [9.17, 15) is 0 Å². The Morgan fingerprint density at radius 2 is 2.31 bits per heavy atom. The molecule has 2 saturated carbocycles. The number of hydrogen-bond acceptors (Lipinski definition) is 1. The molecular formula is C12H21N. The van der Waals surface area contributed by atoms with Gasteiger partial charge in [-0.3, -0.25) is 0 Å². The van der Waals surface area contributed by atoms with Crippen LogP contribution < -0.4 is 5.32 Å². The first-order chi connectivity index (χ1) is 6.31. The first-order valence-electron chi connectivity index (χ1n) is 5.65. The smallest absolute Gasteiger partial charge is 0.0134 e. The molecule has 2 rings (SSSR count). The molecule has 1 heteroatoms. The van der Waals surface area contributed by atoms with E-state index in [-0.39, 0.29) is 0 Å². The van der Waals surface area contributed by atoms with E-state index in [0.29, 0.717) is 6.04 Å². The molecule has 0 aromatic heterocycles. The number of nitrogens with one attached hydrogen (secondary N) is 1. The summed E-state index contributed by atoms with van der Waals surface area (Å²) in [5, 5.41) is 3.54. The molecule has 2 aliphatic rings. The van der Waals surface area contributed by atoms with Crippen molar-refractivity contribution in [1.82, 2.24) is 5.32 Å². The van der Waals surface area contributed by atoms with E-state index in [1.807, 2.05) is 6.08 Å². The molecule has 1 nitrogen and oxygen atoms in total. The first kappa shape index (κ1) is 9.26. The van der Waals surface area contributed by atoms with Gasteiger partial charge in [-0.25, -0.2) is 0 Å². The van der Waals surface area contributed by atoms with Gasteiger partial charge in [-0.05, 0) is 43.9 Å². The van der Waals surface area contributed by atoms with Gasteiger partial charge in [0.2, 0.25) is 0 Å². The van der Waals surface area contributed by atoms with Gasteiger partial charge in [-0.15, -0.1) is 6.58 Å². The van der Waals surface area contributed by atoms with E-state index in [1.54, 1.807) is 0 Å². The van der Waals surface area contributed by atoms with Crippen molar-refractivity contribution < 1.29 is 0 Å². The van der Waals surface area contributed by atoms with Crippen LogP contribution in [0.1, 0.15) is 32.6 Å². The van der Waals surface area contributed by atoms with Gasteiger partial charge in [-0.1, -0.05) is 12.5 Å². The third kappa shape index (κ3) is 1.80. The summed E-state index contributed by atoms with van der Waals surface area (Å²) in [6.07, 6.45) is 7.97. The van der Waals surface area contributed by atoms with Crippen molar-refractivity contribution >= 4 is 0 Å². The Labute approximate surface area is 81.6 Å². The van der Waals surface area contributed by atoms with Gasteiger partial charge in [0.1, 0.15) is 0 Å². The van der Waals surface area contributed by atoms with E-state index in [4.69, 9.17) is 0 Å². The Balaban J connectivity index is 1.83. The normalized spacial score (nSPS) is 39.3. The van der Waals surface area contributed by atoms with Crippen molar-refractivity contribution in [1.29, 1.82) is 0 Å². The lowest BCUT2D eigenvalue weighted by atomic mass is 9.84. The summed E-state index contributed by atoms with van der Waals surface area (Å²) in [5.74, 6) is 3.07. The van der Waals surface area contributed by atoms with Gasteiger partial charge in [0.15, 0.2) is 0 Å². The molecule has 13 heavy (non-hydrogen) atoms. The lowest BCUT2D eigenvalue weighted by molar-refractivity contribution is 0.265. The fourth-order valence-electron chi connectivity index (χ4n) is 3.33. The van der Waals surface area contributed by atoms with E-state index < -0.39 is 0 Å². The van der Waals surface area contributed by atoms with Crippen LogP contribution in [0.4, 0.5) is 0 Å². The lowest BCUT2D eigenvalue weighted by Gasteiger charge is -2.28. The zero-order valence-corrected chi connectivity index (χ0v) is 8.63. The zero-order valence-electron chi connectivity index (χ0n) is 8.63. The number of hydrogen-bond donors (Lipinski definition) is 1. The van der Waals surface area contributed by atoms with E-state index in [0.717, 1.165) is 24.3 Å². The fraction of sp³-hybridized carbons (Fsp3) is 0.833. The summed E-state index contributed by atoms with van der Waals surface area (Å²) < 4.78 is 0. The van der Waals surface area contributed by atoms with Crippen molar-refractivity contribution in [3.05, 3.63) is 12.7 Å². The van der Waals surface area contributed by atoms with Crippen molar-refractivity contribution in [3.8, 4) is 0 Å². The molecule has 4 atom stereocenters. The molecule has 0 aliphatic heterocycles. The molecule has 1 N–H and O–H groups in total. The molecule has 2 fully saturated rings. The molecule has 0 saturated heterocycles. The third-order valence-electron chi connectivity index (χ3n) is 4.02. The predicted octanol–water partition coefficient (Wildman–Crippen LogP) is 2.59. The molecule has 0 aromatic rings. The SMILES string of the molecule is C=CCNC(C)C1CC2CCC1C2. The van der Waals surface area contributed by atoms with Crippen LogP contribution in [0.2, 0.25) is 0 Å². The van der Waals surface area contributed by atoms with Gasteiger partial charge in [-0.2, -0.15) is 0 Å². The van der Waals surface area contributed by atoms with E-state index in [1.165, 1.54) is 25.7 Å². The maximum absolute atomic E-state index is 3.74. The standard InChI is InChI=1S/C12H21N/c1-3-6-13-9(2)12-8-10-4-5-11(12)7-10/h3,9-13H,1,4-8H2,2H3. The molecule has 4 unspecified atom stereocenters. The van der Waals surface area contributed by atoms with Crippen LogP contribution in [0.25, 0.3) is 0 Å². The average molecular weight is 179 g/mol. The second-order valence-electron chi connectivity index (χ2n) is 4.82. The highest BCUT2D eigenvalue weighted by Gasteiger charge is 2.41. The van der Waals surface area contributed by atoms with Gasteiger partial charge >= 0.3 is 0 Å². The Morgan fingerprint density at radius 1 is 1.46 bits per heavy atom. The Bertz CT molecular complexity index is 188. The number of rotatable bonds is 4. The van der Waals surface area contributed by atoms with Crippen molar-refractivity contribution in [2.24, 2.45) is 17.8 Å². The maximum Gasteiger partial charge on any atom is 0.0134 e. The van der Waals surface area contributed by atoms with Crippen molar-refractivity contribution in [3.63, 3.8) is 0 Å². The molecule has 0 radical (unpaired) electrons. The van der Waals surface area contributed by atoms with Crippen LogP contribution in [0, 0.1) is 17.8 Å². The summed E-state index contributed by atoms with van der Waals surface area (Å²) in [4.78, 5) is 0. The van der Waals surface area contributed by atoms with Gasteiger partial charge in [0.05, 0.1) is 0 Å². The Hall–Kier alpha value is -0.300. The molecule has 2 bridgehead atoms. The average Bonchev–Trinajstić information content (AvgIpc) is 2.74. The molecule has 2 aliphatic carbocycles. The quantitative estimate of drug-likeness (QED) is 0.654. The minimum absolute atomic E-state index is 0.702. The minimum atomic E-state index is 0.702. The molecular weight excluding hydrogens is 158 g/mol. The topological polar surface area (TPSA) is 12.0 Å². The van der Waals surface area contributed by atoms with Crippen LogP contribution in [0.15, 0.2) is 12.7 Å². The predicted molar refractivity (Wildman–Crippen MR) is 56.6 cm³/mol. The van der Waals surface area contributed by atoms with Gasteiger partial charge < -0.3 is 5.32 Å². The highest BCUT2D eigenvalue weighted by atomic mass is 14.9. The van der Waals surface area contributed by atoms with Gasteiger partial charge in [0, 0.05) is 12.6 Å². The summed E-state index contributed by atoms with van der Waals surface area (Å²) in [6, 6.07) is 0.702. The highest BCUT2D eigenvalue weighted by Crippen LogP contribution is 2.49.